The molecule has 0 aromatic rings. The van der Waals surface area contributed by atoms with E-state index in [0.717, 1.165) is 26.1 Å². The zero-order valence-corrected chi connectivity index (χ0v) is 12.3. The summed E-state index contributed by atoms with van der Waals surface area (Å²) in [5, 5.41) is 12.8. The predicted octanol–water partition coefficient (Wildman–Crippen LogP) is 2.92. The van der Waals surface area contributed by atoms with Crippen molar-refractivity contribution in [1.29, 1.82) is 5.26 Å². The Morgan fingerprint density at radius 3 is 2.44 bits per heavy atom. The average Bonchev–Trinajstić information content (AvgIpc) is 2.43. The molecule has 0 amide bonds. The summed E-state index contributed by atoms with van der Waals surface area (Å²) in [6, 6.07) is 3.16. The molecular weight excluding hydrogens is 222 g/mol. The highest BCUT2D eigenvalue weighted by molar-refractivity contribution is 5.06. The van der Waals surface area contributed by atoms with Gasteiger partial charge in [-0.05, 0) is 39.3 Å². The van der Waals surface area contributed by atoms with Crippen molar-refractivity contribution in [3.63, 3.8) is 0 Å². The van der Waals surface area contributed by atoms with Crippen molar-refractivity contribution in [3.8, 4) is 6.07 Å². The molecule has 0 radical (unpaired) electrons. The van der Waals surface area contributed by atoms with Crippen molar-refractivity contribution in [3.05, 3.63) is 0 Å². The van der Waals surface area contributed by atoms with E-state index in [9.17, 15) is 5.26 Å². The van der Waals surface area contributed by atoms with Crippen LogP contribution in [0.15, 0.2) is 0 Å². The molecule has 1 fully saturated rings. The highest BCUT2D eigenvalue weighted by Gasteiger charge is 2.29. The summed E-state index contributed by atoms with van der Waals surface area (Å²) in [6.07, 6.45) is 7.79. The first-order chi connectivity index (χ1) is 8.65. The smallest absolute Gasteiger partial charge is 0.116 e. The van der Waals surface area contributed by atoms with Crippen molar-refractivity contribution in [2.75, 3.05) is 19.6 Å². The second kappa shape index (κ2) is 7.76. The predicted molar refractivity (Wildman–Crippen MR) is 76.4 cm³/mol. The number of hydrogen-bond donors (Lipinski definition) is 1. The van der Waals surface area contributed by atoms with Crippen LogP contribution in [0.1, 0.15) is 59.3 Å². The highest BCUT2D eigenvalue weighted by atomic mass is 15.2. The van der Waals surface area contributed by atoms with Crippen molar-refractivity contribution >= 4 is 0 Å². The van der Waals surface area contributed by atoms with E-state index < -0.39 is 5.54 Å². The van der Waals surface area contributed by atoms with E-state index in [2.05, 4.69) is 30.1 Å². The lowest BCUT2D eigenvalue weighted by atomic mass is 9.92. The van der Waals surface area contributed by atoms with E-state index >= 15 is 0 Å². The average molecular weight is 251 g/mol. The van der Waals surface area contributed by atoms with Crippen LogP contribution in [-0.2, 0) is 0 Å². The van der Waals surface area contributed by atoms with Gasteiger partial charge in [0.25, 0.3) is 0 Å². The van der Waals surface area contributed by atoms with Gasteiger partial charge < -0.3 is 0 Å². The maximum Gasteiger partial charge on any atom is 0.116 e. The second-order valence-electron chi connectivity index (χ2n) is 5.73. The molecule has 0 spiro atoms. The molecule has 0 aromatic heterocycles. The van der Waals surface area contributed by atoms with Crippen LogP contribution in [-0.4, -0.2) is 36.1 Å². The van der Waals surface area contributed by atoms with Crippen LogP contribution in [0.3, 0.4) is 0 Å². The summed E-state index contributed by atoms with van der Waals surface area (Å²) in [6.45, 7) is 9.22. The molecule has 1 rings (SSSR count). The molecule has 0 aliphatic heterocycles. The first-order valence-electron chi connectivity index (χ1n) is 7.55. The van der Waals surface area contributed by atoms with Gasteiger partial charge in [-0.15, -0.1) is 0 Å². The molecule has 1 unspecified atom stereocenters. The lowest BCUT2D eigenvalue weighted by molar-refractivity contribution is 0.136. The van der Waals surface area contributed by atoms with Crippen molar-refractivity contribution in [2.24, 2.45) is 0 Å². The third kappa shape index (κ3) is 4.59. The van der Waals surface area contributed by atoms with E-state index in [0.29, 0.717) is 6.04 Å². The Hall–Kier alpha value is -0.590. The largest absolute Gasteiger partial charge is 0.299 e. The molecule has 0 aromatic carbocycles. The molecular formula is C15H29N3. The zero-order valence-electron chi connectivity index (χ0n) is 12.3. The maximum absolute atomic E-state index is 9.42. The van der Waals surface area contributed by atoms with Crippen LogP contribution < -0.4 is 5.32 Å². The first kappa shape index (κ1) is 15.5. The Labute approximate surface area is 113 Å². The summed E-state index contributed by atoms with van der Waals surface area (Å²) in [5.41, 5.74) is -0.399. The molecule has 1 N–H and O–H groups in total. The van der Waals surface area contributed by atoms with Crippen LogP contribution in [0.5, 0.6) is 0 Å². The lowest BCUT2D eigenvalue weighted by Crippen LogP contribution is -2.53. The fourth-order valence-electron chi connectivity index (χ4n) is 2.88. The number of nitrogens with one attached hydrogen (secondary N) is 1. The Morgan fingerprint density at radius 2 is 1.94 bits per heavy atom. The minimum atomic E-state index is -0.399. The van der Waals surface area contributed by atoms with Gasteiger partial charge in [0, 0.05) is 12.6 Å². The molecule has 1 aliphatic rings. The molecule has 1 aliphatic carbocycles. The Morgan fingerprint density at radius 1 is 1.28 bits per heavy atom. The van der Waals surface area contributed by atoms with Gasteiger partial charge in [0.1, 0.15) is 5.54 Å². The van der Waals surface area contributed by atoms with Crippen LogP contribution in [0, 0.1) is 11.3 Å². The van der Waals surface area contributed by atoms with Gasteiger partial charge in [0.15, 0.2) is 0 Å². The number of nitriles is 1. The minimum Gasteiger partial charge on any atom is -0.299 e. The second-order valence-corrected chi connectivity index (χ2v) is 5.73. The standard InChI is InChI=1S/C15H29N3/c1-4-11-17-15(3,12-16)13-18(5-2)14-9-7-6-8-10-14/h14,17H,4-11,13H2,1-3H3. The number of hydrogen-bond acceptors (Lipinski definition) is 3. The molecule has 3 nitrogen and oxygen atoms in total. The number of likely N-dealkylation sites (N-methyl/N-ethyl adjacent to an activating group) is 1. The molecule has 1 saturated carbocycles. The summed E-state index contributed by atoms with van der Waals surface area (Å²) < 4.78 is 0. The first-order valence-corrected chi connectivity index (χ1v) is 7.55. The van der Waals surface area contributed by atoms with Crippen molar-refractivity contribution < 1.29 is 0 Å². The quantitative estimate of drug-likeness (QED) is 0.756. The maximum atomic E-state index is 9.42. The zero-order chi connectivity index (χ0) is 13.4. The lowest BCUT2D eigenvalue weighted by Gasteiger charge is -2.38. The summed E-state index contributed by atoms with van der Waals surface area (Å²) in [7, 11) is 0. The Balaban J connectivity index is 2.56. The number of nitrogens with zero attached hydrogens (tertiary/aromatic N) is 2. The fourth-order valence-corrected chi connectivity index (χ4v) is 2.88. The van der Waals surface area contributed by atoms with Gasteiger partial charge >= 0.3 is 0 Å². The summed E-state index contributed by atoms with van der Waals surface area (Å²) >= 11 is 0. The van der Waals surface area contributed by atoms with Gasteiger partial charge in [0.05, 0.1) is 6.07 Å². The molecule has 0 saturated heterocycles. The van der Waals surface area contributed by atoms with E-state index in [1.54, 1.807) is 0 Å². The monoisotopic (exact) mass is 251 g/mol. The van der Waals surface area contributed by atoms with Gasteiger partial charge in [-0.1, -0.05) is 33.1 Å². The molecule has 0 heterocycles. The molecule has 104 valence electrons. The summed E-state index contributed by atoms with van der Waals surface area (Å²) in [5.74, 6) is 0. The van der Waals surface area contributed by atoms with E-state index in [4.69, 9.17) is 0 Å². The third-order valence-corrected chi connectivity index (χ3v) is 4.03. The van der Waals surface area contributed by atoms with Crippen LogP contribution in [0.4, 0.5) is 0 Å². The van der Waals surface area contributed by atoms with Crippen LogP contribution in [0.25, 0.3) is 0 Å². The van der Waals surface area contributed by atoms with Gasteiger partial charge in [-0.25, -0.2) is 0 Å². The normalized spacial score (nSPS) is 20.6. The Kier molecular flexibility index (Phi) is 6.67. The molecule has 1 atom stereocenters. The van der Waals surface area contributed by atoms with E-state index in [-0.39, 0.29) is 0 Å². The Bertz CT molecular complexity index is 265. The van der Waals surface area contributed by atoms with Crippen molar-refractivity contribution in [2.45, 2.75) is 70.9 Å². The van der Waals surface area contributed by atoms with Crippen LogP contribution in [0.2, 0.25) is 0 Å². The van der Waals surface area contributed by atoms with Crippen molar-refractivity contribution in [1.82, 2.24) is 10.2 Å². The minimum absolute atomic E-state index is 0.399. The molecule has 18 heavy (non-hydrogen) atoms. The topological polar surface area (TPSA) is 39.1 Å². The van der Waals surface area contributed by atoms with Gasteiger partial charge in [0.2, 0.25) is 0 Å². The number of rotatable bonds is 7. The van der Waals surface area contributed by atoms with Gasteiger partial charge in [-0.2, -0.15) is 5.26 Å². The molecule has 0 bridgehead atoms. The SMILES string of the molecule is CCCNC(C)(C#N)CN(CC)C1CCCCC1. The summed E-state index contributed by atoms with van der Waals surface area (Å²) in [4.78, 5) is 2.50. The third-order valence-electron chi connectivity index (χ3n) is 4.03. The van der Waals surface area contributed by atoms with Crippen LogP contribution >= 0.6 is 0 Å². The fraction of sp³-hybridized carbons (Fsp3) is 0.933. The van der Waals surface area contributed by atoms with E-state index in [1.807, 2.05) is 6.92 Å². The van der Waals surface area contributed by atoms with Gasteiger partial charge in [-0.3, -0.25) is 10.2 Å². The molecule has 3 heteroatoms. The highest BCUT2D eigenvalue weighted by Crippen LogP contribution is 2.23. The van der Waals surface area contributed by atoms with E-state index in [1.165, 1.54) is 32.1 Å².